The van der Waals surface area contributed by atoms with Crippen molar-refractivity contribution in [3.8, 4) is 11.5 Å². The van der Waals surface area contributed by atoms with Crippen LogP contribution in [0.4, 0.5) is 5.69 Å². The van der Waals surface area contributed by atoms with Crippen molar-refractivity contribution in [2.75, 3.05) is 13.2 Å². The van der Waals surface area contributed by atoms with E-state index >= 15 is 0 Å². The quantitative estimate of drug-likeness (QED) is 0.244. The smallest absolute Gasteiger partial charge is 0.542 e. The number of carboxylic acids is 1. The van der Waals surface area contributed by atoms with Gasteiger partial charge in [0.15, 0.2) is 11.2 Å². The number of aliphatic hydroxyl groups is 1. The zero-order valence-electron chi connectivity index (χ0n) is 15.8. The third kappa shape index (κ3) is 5.57. The Balaban J connectivity index is 0.00000320. The van der Waals surface area contributed by atoms with Gasteiger partial charge in [-0.25, -0.2) is 0 Å². The molecule has 0 saturated heterocycles. The zero-order valence-corrected chi connectivity index (χ0v) is 17.8. The topological polar surface area (TPSA) is 152 Å². The predicted octanol–water partition coefficient (Wildman–Crippen LogP) is -2.11. The molecule has 2 aromatic carbocycles. The van der Waals surface area contributed by atoms with Crippen molar-refractivity contribution in [3.05, 3.63) is 74.6 Å². The molecule has 0 amide bonds. The van der Waals surface area contributed by atoms with Gasteiger partial charge in [-0.3, -0.25) is 14.9 Å². The van der Waals surface area contributed by atoms with E-state index in [1.165, 1.54) is 42.5 Å². The molecule has 10 nitrogen and oxygen atoms in total. The van der Waals surface area contributed by atoms with Gasteiger partial charge >= 0.3 is 29.6 Å². The van der Waals surface area contributed by atoms with E-state index in [1.807, 2.05) is 0 Å². The molecule has 0 fully saturated rings. The number of non-ortho nitro benzene ring substituents is 1. The van der Waals surface area contributed by atoms with Gasteiger partial charge in [0, 0.05) is 18.2 Å². The number of nitro groups is 1. The van der Waals surface area contributed by atoms with E-state index in [0.717, 1.165) is 6.07 Å². The van der Waals surface area contributed by atoms with Crippen LogP contribution >= 0.6 is 0 Å². The number of fused-ring (bicyclic) bond motifs is 1. The molecule has 1 unspecified atom stereocenters. The summed E-state index contributed by atoms with van der Waals surface area (Å²) in [7, 11) is 0. The average Bonchev–Trinajstić information content (AvgIpc) is 2.70. The van der Waals surface area contributed by atoms with E-state index in [0.29, 0.717) is 5.75 Å². The molecule has 0 saturated carbocycles. The molecule has 1 heterocycles. The van der Waals surface area contributed by atoms with Crippen molar-refractivity contribution < 1.29 is 63.4 Å². The minimum atomic E-state index is -1.62. The summed E-state index contributed by atoms with van der Waals surface area (Å²) in [4.78, 5) is 33.1. The third-order valence-electron chi connectivity index (χ3n) is 3.84. The Labute approximate surface area is 191 Å². The molecule has 1 aromatic heterocycles. The van der Waals surface area contributed by atoms with Gasteiger partial charge in [0.2, 0.25) is 0 Å². The maximum Gasteiger partial charge on any atom is 1.00 e. The number of ether oxygens (including phenoxy) is 2. The maximum absolute atomic E-state index is 12.2. The van der Waals surface area contributed by atoms with Crippen LogP contribution in [-0.2, 0) is 0 Å². The molecule has 3 aromatic rings. The normalized spacial score (nSPS) is 11.4. The third-order valence-corrected chi connectivity index (χ3v) is 3.84. The van der Waals surface area contributed by atoms with Crippen LogP contribution in [0, 0.1) is 10.1 Å². The van der Waals surface area contributed by atoms with Crippen molar-refractivity contribution in [2.45, 2.75) is 6.10 Å². The van der Waals surface area contributed by atoms with Gasteiger partial charge in [0.25, 0.3) is 5.69 Å². The van der Waals surface area contributed by atoms with Gasteiger partial charge in [-0.2, -0.15) is 0 Å². The largest absolute Gasteiger partial charge is 1.00 e. The van der Waals surface area contributed by atoms with Crippen LogP contribution in [0.1, 0.15) is 10.6 Å². The van der Waals surface area contributed by atoms with E-state index < -0.39 is 28.2 Å². The molecule has 30 heavy (non-hydrogen) atoms. The van der Waals surface area contributed by atoms with Crippen LogP contribution in [0.25, 0.3) is 11.0 Å². The second-order valence-corrected chi connectivity index (χ2v) is 5.92. The van der Waals surface area contributed by atoms with Crippen LogP contribution in [0.3, 0.4) is 0 Å². The molecule has 1 N–H and O–H groups in total. The summed E-state index contributed by atoms with van der Waals surface area (Å²) in [5, 5.41) is 31.6. The van der Waals surface area contributed by atoms with E-state index in [1.54, 1.807) is 0 Å². The zero-order chi connectivity index (χ0) is 21.0. The van der Waals surface area contributed by atoms with Crippen LogP contribution in [-0.4, -0.2) is 35.3 Å². The van der Waals surface area contributed by atoms with Crippen molar-refractivity contribution in [3.63, 3.8) is 0 Å². The Hall–Kier alpha value is -2.92. The number of carboxylic acid groups (broad SMARTS) is 1. The van der Waals surface area contributed by atoms with Crippen molar-refractivity contribution in [1.29, 1.82) is 0 Å². The molecule has 3 rings (SSSR count). The first-order valence-electron chi connectivity index (χ1n) is 8.31. The average molecular weight is 423 g/mol. The van der Waals surface area contributed by atoms with Gasteiger partial charge in [-0.15, -0.1) is 0 Å². The second-order valence-electron chi connectivity index (χ2n) is 5.92. The Morgan fingerprint density at radius 3 is 2.43 bits per heavy atom. The second kappa shape index (κ2) is 10.2. The van der Waals surface area contributed by atoms with Gasteiger partial charge in [-0.05, 0) is 24.3 Å². The number of hydrogen-bond donors (Lipinski definition) is 1. The fraction of sp³-hybridized carbons (Fsp3) is 0.158. The van der Waals surface area contributed by atoms with E-state index in [-0.39, 0.29) is 65.2 Å². The predicted molar refractivity (Wildman–Crippen MR) is 96.9 cm³/mol. The number of nitrogens with zero attached hydrogens (tertiary/aromatic N) is 1. The number of rotatable bonds is 8. The first-order chi connectivity index (χ1) is 13.8. The maximum atomic E-state index is 12.2. The summed E-state index contributed by atoms with van der Waals surface area (Å²) in [6, 6.07) is 10.5. The molecule has 11 heteroatoms. The molecule has 150 valence electrons. The number of carbonyl (C=O) groups is 1. The minimum absolute atomic E-state index is 0. The first kappa shape index (κ1) is 23.4. The number of benzene rings is 2. The fourth-order valence-corrected chi connectivity index (χ4v) is 2.49. The Bertz CT molecular complexity index is 1110. The van der Waals surface area contributed by atoms with Crippen molar-refractivity contribution >= 4 is 22.6 Å². The number of hydrogen-bond acceptors (Lipinski definition) is 9. The van der Waals surface area contributed by atoms with E-state index in [9.17, 15) is 29.9 Å². The summed E-state index contributed by atoms with van der Waals surface area (Å²) in [5.74, 6) is -1.78. The van der Waals surface area contributed by atoms with Crippen LogP contribution < -0.4 is 49.6 Å². The van der Waals surface area contributed by atoms with Crippen molar-refractivity contribution in [2.24, 2.45) is 0 Å². The molecule has 0 aliphatic heterocycles. The summed E-state index contributed by atoms with van der Waals surface area (Å²) < 4.78 is 15.9. The van der Waals surface area contributed by atoms with Gasteiger partial charge < -0.3 is 28.9 Å². The summed E-state index contributed by atoms with van der Waals surface area (Å²) in [6.45, 7) is -0.389. The fourth-order valence-electron chi connectivity index (χ4n) is 2.49. The van der Waals surface area contributed by atoms with Crippen molar-refractivity contribution in [1.82, 2.24) is 0 Å². The van der Waals surface area contributed by atoms with Gasteiger partial charge in [0.05, 0.1) is 4.92 Å². The minimum Gasteiger partial charge on any atom is -0.542 e. The number of aromatic carboxylic acids is 1. The molecule has 0 aliphatic rings. The molecule has 0 bridgehead atoms. The van der Waals surface area contributed by atoms with Gasteiger partial charge in [0.1, 0.15) is 47.8 Å². The Kier molecular flexibility index (Phi) is 7.95. The Morgan fingerprint density at radius 2 is 1.80 bits per heavy atom. The van der Waals surface area contributed by atoms with Crippen LogP contribution in [0.15, 0.2) is 57.7 Å². The number of nitro benzene ring substituents is 1. The SMILES string of the molecule is O=C([O-])c1cc(=O)c2c(OCC(O)COc3ccc([N+](=O)[O-])cc3)cccc2o1.[Na+]. The molecular weight excluding hydrogens is 409 g/mol. The molecule has 0 spiro atoms. The van der Waals surface area contributed by atoms with Gasteiger partial charge in [-0.1, -0.05) is 6.07 Å². The monoisotopic (exact) mass is 423 g/mol. The van der Waals surface area contributed by atoms with Crippen LogP contribution in [0.2, 0.25) is 0 Å². The molecule has 1 atom stereocenters. The molecule has 0 aliphatic carbocycles. The first-order valence-corrected chi connectivity index (χ1v) is 8.31. The summed E-state index contributed by atoms with van der Waals surface area (Å²) in [6.07, 6.45) is -1.07. The molecular formula is C19H14NNaO9. The standard InChI is InChI=1S/C19H15NO9.Na/c21-12(9-27-13-6-4-11(5-7-13)20(25)26)10-28-15-2-1-3-16-18(15)14(22)8-17(29-16)19(23)24;/h1-8,12,21H,9-10H2,(H,23,24);/q;+1/p-1. The Morgan fingerprint density at radius 1 is 1.13 bits per heavy atom. The molecule has 0 radical (unpaired) electrons. The van der Waals surface area contributed by atoms with E-state index in [4.69, 9.17) is 13.9 Å². The number of carbonyl (C=O) groups excluding carboxylic acids is 1. The summed E-state index contributed by atoms with van der Waals surface area (Å²) >= 11 is 0. The van der Waals surface area contributed by atoms with E-state index in [2.05, 4.69) is 0 Å². The van der Waals surface area contributed by atoms with Crippen LogP contribution in [0.5, 0.6) is 11.5 Å². The summed E-state index contributed by atoms with van der Waals surface area (Å²) in [5.41, 5.74) is -0.707. The number of aliphatic hydroxyl groups excluding tert-OH is 1.